The molecule has 27 heavy (non-hydrogen) atoms. The molecular weight excluding hydrogens is 362 g/mol. The lowest BCUT2D eigenvalue weighted by atomic mass is 10.0. The van der Waals surface area contributed by atoms with Crippen LogP contribution in [0.5, 0.6) is 0 Å². The summed E-state index contributed by atoms with van der Waals surface area (Å²) in [5, 5.41) is 2.48. The number of benzene rings is 1. The Hall–Kier alpha value is -2.51. The van der Waals surface area contributed by atoms with E-state index in [0.717, 1.165) is 16.7 Å². The fraction of sp³-hybridized carbons (Fsp3) is 0.350. The van der Waals surface area contributed by atoms with E-state index in [0.29, 0.717) is 35.5 Å². The molecule has 0 aliphatic carbocycles. The zero-order chi connectivity index (χ0) is 19.6. The zero-order valence-electron chi connectivity index (χ0n) is 15.7. The van der Waals surface area contributed by atoms with E-state index in [1.54, 1.807) is 7.11 Å². The highest BCUT2D eigenvalue weighted by molar-refractivity contribution is 7.17. The number of primary amides is 1. The molecule has 1 aromatic carbocycles. The topological polar surface area (TPSA) is 87.2 Å². The lowest BCUT2D eigenvalue weighted by molar-refractivity contribution is -0.121. The third kappa shape index (κ3) is 3.65. The Labute approximate surface area is 161 Å². The molecule has 0 radical (unpaired) electrons. The third-order valence-corrected chi connectivity index (χ3v) is 5.50. The van der Waals surface area contributed by atoms with Crippen molar-refractivity contribution in [1.29, 1.82) is 0 Å². The van der Waals surface area contributed by atoms with Crippen LogP contribution in [0.2, 0.25) is 0 Å². The largest absolute Gasteiger partial charge is 0.384 e. The summed E-state index contributed by atoms with van der Waals surface area (Å²) in [7, 11) is 1.59. The van der Waals surface area contributed by atoms with Gasteiger partial charge >= 0.3 is 0 Å². The van der Waals surface area contributed by atoms with Gasteiger partial charge in [-0.2, -0.15) is 0 Å². The van der Waals surface area contributed by atoms with Gasteiger partial charge in [0.05, 0.1) is 12.0 Å². The molecule has 3 aromatic rings. The predicted molar refractivity (Wildman–Crippen MR) is 108 cm³/mol. The molecule has 2 N–H and O–H groups in total. The lowest BCUT2D eigenvalue weighted by Crippen LogP contribution is -2.36. The van der Waals surface area contributed by atoms with Crippen LogP contribution in [0.3, 0.4) is 0 Å². The van der Waals surface area contributed by atoms with Crippen molar-refractivity contribution in [3.63, 3.8) is 0 Å². The van der Waals surface area contributed by atoms with Crippen molar-refractivity contribution in [2.45, 2.75) is 32.7 Å². The quantitative estimate of drug-likeness (QED) is 0.677. The Bertz CT molecular complexity index is 1020. The Balaban J connectivity index is 2.28. The number of rotatable bonds is 7. The van der Waals surface area contributed by atoms with Gasteiger partial charge in [-0.15, -0.1) is 11.3 Å². The van der Waals surface area contributed by atoms with Gasteiger partial charge in [0, 0.05) is 24.5 Å². The van der Waals surface area contributed by atoms with E-state index in [4.69, 9.17) is 10.5 Å². The van der Waals surface area contributed by atoms with Crippen LogP contribution in [0.25, 0.3) is 21.3 Å². The number of nitrogens with zero attached hydrogens (tertiary/aromatic N) is 2. The van der Waals surface area contributed by atoms with E-state index < -0.39 is 11.9 Å². The molecule has 1 unspecified atom stereocenters. The van der Waals surface area contributed by atoms with Crippen molar-refractivity contribution in [2.75, 3.05) is 13.7 Å². The van der Waals surface area contributed by atoms with Crippen LogP contribution in [0.1, 0.15) is 30.8 Å². The van der Waals surface area contributed by atoms with Gasteiger partial charge in [-0.25, -0.2) is 4.98 Å². The number of amides is 1. The second-order valence-corrected chi connectivity index (χ2v) is 7.33. The van der Waals surface area contributed by atoms with Crippen molar-refractivity contribution in [2.24, 2.45) is 5.73 Å². The average molecular weight is 385 g/mol. The average Bonchev–Trinajstić information content (AvgIpc) is 3.07. The summed E-state index contributed by atoms with van der Waals surface area (Å²) in [5.74, 6) is -0.0103. The van der Waals surface area contributed by atoms with E-state index in [1.807, 2.05) is 43.5 Å². The molecular formula is C20H23N3O3S. The Morgan fingerprint density at radius 1 is 1.33 bits per heavy atom. The van der Waals surface area contributed by atoms with E-state index in [2.05, 4.69) is 4.98 Å². The standard InChI is InChI=1S/C20H23N3O3S/c1-4-15(18(21)24)23-16(9-10-26-3)22-19-17(20(23)25)14(11-27-19)13-7-5-12(2)6-8-13/h5-8,11,15H,4,9-10H2,1-3H3,(H2,21,24). The molecule has 0 aliphatic rings. The van der Waals surface area contributed by atoms with Crippen molar-refractivity contribution in [3.05, 3.63) is 51.4 Å². The maximum atomic E-state index is 13.4. The number of fused-ring (bicyclic) bond motifs is 1. The van der Waals surface area contributed by atoms with E-state index in [1.165, 1.54) is 15.9 Å². The predicted octanol–water partition coefficient (Wildman–Crippen LogP) is 3.06. The van der Waals surface area contributed by atoms with Gasteiger partial charge in [-0.1, -0.05) is 36.8 Å². The Kier molecular flexibility index (Phi) is 5.72. The highest BCUT2D eigenvalue weighted by Crippen LogP contribution is 2.32. The monoisotopic (exact) mass is 385 g/mol. The van der Waals surface area contributed by atoms with Gasteiger partial charge in [0.15, 0.2) is 0 Å². The number of methoxy groups -OCH3 is 1. The van der Waals surface area contributed by atoms with Gasteiger partial charge < -0.3 is 10.5 Å². The summed E-state index contributed by atoms with van der Waals surface area (Å²) < 4.78 is 6.60. The minimum absolute atomic E-state index is 0.228. The fourth-order valence-electron chi connectivity index (χ4n) is 3.19. The molecule has 1 amide bonds. The first kappa shape index (κ1) is 19.3. The van der Waals surface area contributed by atoms with Gasteiger partial charge in [0.2, 0.25) is 5.91 Å². The second-order valence-electron chi connectivity index (χ2n) is 6.47. The molecule has 0 saturated carbocycles. The molecule has 0 bridgehead atoms. The Morgan fingerprint density at radius 3 is 2.63 bits per heavy atom. The van der Waals surface area contributed by atoms with Crippen molar-refractivity contribution >= 4 is 27.5 Å². The maximum absolute atomic E-state index is 13.4. The number of hydrogen-bond donors (Lipinski definition) is 1. The molecule has 2 aromatic heterocycles. The van der Waals surface area contributed by atoms with Crippen LogP contribution in [0.15, 0.2) is 34.4 Å². The highest BCUT2D eigenvalue weighted by atomic mass is 32.1. The summed E-state index contributed by atoms with van der Waals surface area (Å²) >= 11 is 1.43. The summed E-state index contributed by atoms with van der Waals surface area (Å²) in [4.78, 5) is 30.7. The molecule has 142 valence electrons. The smallest absolute Gasteiger partial charge is 0.263 e. The van der Waals surface area contributed by atoms with Crippen LogP contribution in [0.4, 0.5) is 0 Å². The number of carbonyl (C=O) groups excluding carboxylic acids is 1. The first-order chi connectivity index (χ1) is 13.0. The molecule has 0 fully saturated rings. The van der Waals surface area contributed by atoms with Crippen LogP contribution >= 0.6 is 11.3 Å². The van der Waals surface area contributed by atoms with E-state index in [9.17, 15) is 9.59 Å². The Morgan fingerprint density at radius 2 is 2.04 bits per heavy atom. The van der Waals surface area contributed by atoms with Crippen LogP contribution in [0, 0.1) is 6.92 Å². The van der Waals surface area contributed by atoms with Crippen LogP contribution < -0.4 is 11.3 Å². The summed E-state index contributed by atoms with van der Waals surface area (Å²) in [6.07, 6.45) is 0.857. The molecule has 3 rings (SSSR count). The lowest BCUT2D eigenvalue weighted by Gasteiger charge is -2.19. The van der Waals surface area contributed by atoms with Crippen LogP contribution in [-0.4, -0.2) is 29.2 Å². The number of nitrogens with two attached hydrogens (primary N) is 1. The SMILES string of the molecule is CCC(C(N)=O)n1c(CCOC)nc2scc(-c3ccc(C)cc3)c2c1=O. The van der Waals surface area contributed by atoms with Gasteiger partial charge in [0.1, 0.15) is 16.7 Å². The fourth-order valence-corrected chi connectivity index (χ4v) is 4.15. The van der Waals surface area contributed by atoms with E-state index in [-0.39, 0.29) is 5.56 Å². The zero-order valence-corrected chi connectivity index (χ0v) is 16.5. The van der Waals surface area contributed by atoms with Crippen LogP contribution in [-0.2, 0) is 16.0 Å². The first-order valence-electron chi connectivity index (χ1n) is 8.85. The molecule has 1 atom stereocenters. The van der Waals surface area contributed by atoms with Crippen molar-refractivity contribution < 1.29 is 9.53 Å². The minimum Gasteiger partial charge on any atom is -0.384 e. The molecule has 2 heterocycles. The summed E-state index contributed by atoms with van der Waals surface area (Å²) in [6, 6.07) is 7.27. The summed E-state index contributed by atoms with van der Waals surface area (Å²) in [5.41, 5.74) is 8.28. The molecule has 0 spiro atoms. The van der Waals surface area contributed by atoms with Gasteiger partial charge in [-0.3, -0.25) is 14.2 Å². The molecule has 6 nitrogen and oxygen atoms in total. The van der Waals surface area contributed by atoms with Crippen molar-refractivity contribution in [1.82, 2.24) is 9.55 Å². The first-order valence-corrected chi connectivity index (χ1v) is 9.73. The van der Waals surface area contributed by atoms with E-state index >= 15 is 0 Å². The second kappa shape index (κ2) is 8.02. The summed E-state index contributed by atoms with van der Waals surface area (Å²) in [6.45, 7) is 4.26. The number of aromatic nitrogens is 2. The van der Waals surface area contributed by atoms with Gasteiger partial charge in [-0.05, 0) is 18.9 Å². The number of aryl methyl sites for hydroxylation is 1. The molecule has 7 heteroatoms. The van der Waals surface area contributed by atoms with Gasteiger partial charge in [0.25, 0.3) is 5.56 Å². The van der Waals surface area contributed by atoms with Crippen molar-refractivity contribution in [3.8, 4) is 11.1 Å². The minimum atomic E-state index is -0.730. The third-order valence-electron chi connectivity index (χ3n) is 4.63. The molecule has 0 aliphatic heterocycles. The molecule has 0 saturated heterocycles. The normalized spacial score (nSPS) is 12.4. The highest BCUT2D eigenvalue weighted by Gasteiger charge is 2.24. The number of thiophene rings is 1. The maximum Gasteiger partial charge on any atom is 0.263 e. The number of hydrogen-bond acceptors (Lipinski definition) is 5. The number of carbonyl (C=O) groups is 1. The number of ether oxygens (including phenoxy) is 1.